The van der Waals surface area contributed by atoms with Gasteiger partial charge in [0.05, 0.1) is 6.61 Å². The molecule has 0 rings (SSSR count). The Bertz CT molecular complexity index is 326. The molecular weight excluding hydrogens is 236 g/mol. The number of ether oxygens (including phenoxy) is 1. The summed E-state index contributed by atoms with van der Waals surface area (Å²) in [5.74, 6) is 1.10. The van der Waals surface area contributed by atoms with Gasteiger partial charge in [0.25, 0.3) is 0 Å². The molecule has 0 aromatic rings. The minimum absolute atomic E-state index is 0.250. The summed E-state index contributed by atoms with van der Waals surface area (Å²) in [6.07, 6.45) is 7.56. The number of carbonyl (C=O) groups excluding carboxylic acids is 1. The molecule has 0 saturated heterocycles. The quantitative estimate of drug-likeness (QED) is 0.354. The van der Waals surface area contributed by atoms with Crippen LogP contribution in [0.3, 0.4) is 0 Å². The van der Waals surface area contributed by atoms with Crippen LogP contribution in [-0.4, -0.2) is 12.6 Å². The Balaban J connectivity index is 4.41. The molecule has 0 aromatic heterocycles. The number of esters is 1. The molecule has 0 bridgehead atoms. The summed E-state index contributed by atoms with van der Waals surface area (Å²) in [6.45, 7) is 13.0. The summed E-state index contributed by atoms with van der Waals surface area (Å²) >= 11 is 0. The van der Waals surface area contributed by atoms with E-state index in [1.54, 1.807) is 6.08 Å². The normalized spacial score (nSPS) is 16.1. The van der Waals surface area contributed by atoms with Gasteiger partial charge >= 0.3 is 5.97 Å². The van der Waals surface area contributed by atoms with Crippen LogP contribution in [0.4, 0.5) is 0 Å². The third-order valence-electron chi connectivity index (χ3n) is 3.59. The molecule has 19 heavy (non-hydrogen) atoms. The molecule has 0 saturated carbocycles. The summed E-state index contributed by atoms with van der Waals surface area (Å²) in [6, 6.07) is 0. The highest BCUT2D eigenvalue weighted by molar-refractivity contribution is 5.83. The standard InChI is InChI=1S/C17H30O2/c1-7-13(3)9-10-14(4)11-15(5)16(6)12-17(18)19-8-2/h11-14H,7-10H2,1-6H3/b15-11+,16-12+. The van der Waals surface area contributed by atoms with E-state index in [9.17, 15) is 4.79 Å². The molecule has 0 aliphatic rings. The van der Waals surface area contributed by atoms with Crippen LogP contribution in [0, 0.1) is 11.8 Å². The van der Waals surface area contributed by atoms with Crippen molar-refractivity contribution in [1.29, 1.82) is 0 Å². The minimum Gasteiger partial charge on any atom is -0.463 e. The van der Waals surface area contributed by atoms with Crippen molar-refractivity contribution in [2.45, 2.75) is 60.8 Å². The highest BCUT2D eigenvalue weighted by Crippen LogP contribution is 2.19. The average Bonchev–Trinajstić information content (AvgIpc) is 2.35. The van der Waals surface area contributed by atoms with Crippen LogP contribution in [0.5, 0.6) is 0 Å². The first-order valence-electron chi connectivity index (χ1n) is 7.44. The van der Waals surface area contributed by atoms with Gasteiger partial charge in [-0.2, -0.15) is 0 Å². The first-order chi connectivity index (χ1) is 8.90. The Morgan fingerprint density at radius 2 is 1.74 bits per heavy atom. The van der Waals surface area contributed by atoms with E-state index < -0.39 is 0 Å². The predicted octanol–water partition coefficient (Wildman–Crippen LogP) is 4.90. The molecule has 2 nitrogen and oxygen atoms in total. The van der Waals surface area contributed by atoms with Gasteiger partial charge in [-0.05, 0) is 44.6 Å². The lowest BCUT2D eigenvalue weighted by atomic mass is 9.94. The predicted molar refractivity (Wildman–Crippen MR) is 82.0 cm³/mol. The van der Waals surface area contributed by atoms with Gasteiger partial charge in [0.2, 0.25) is 0 Å². The number of carbonyl (C=O) groups is 1. The van der Waals surface area contributed by atoms with E-state index in [-0.39, 0.29) is 5.97 Å². The molecule has 110 valence electrons. The van der Waals surface area contributed by atoms with Gasteiger partial charge in [-0.1, -0.05) is 45.3 Å². The Morgan fingerprint density at radius 1 is 1.11 bits per heavy atom. The fraction of sp³-hybridized carbons (Fsp3) is 0.706. The molecule has 0 radical (unpaired) electrons. The van der Waals surface area contributed by atoms with Crippen molar-refractivity contribution in [2.24, 2.45) is 11.8 Å². The zero-order valence-electron chi connectivity index (χ0n) is 13.5. The largest absolute Gasteiger partial charge is 0.463 e. The van der Waals surface area contributed by atoms with Crippen molar-refractivity contribution in [3.8, 4) is 0 Å². The summed E-state index contributed by atoms with van der Waals surface area (Å²) < 4.78 is 4.92. The Morgan fingerprint density at radius 3 is 2.26 bits per heavy atom. The van der Waals surface area contributed by atoms with E-state index in [1.807, 2.05) is 13.8 Å². The molecule has 2 unspecified atom stereocenters. The topological polar surface area (TPSA) is 26.3 Å². The lowest BCUT2D eigenvalue weighted by molar-refractivity contribution is -0.137. The second-order valence-corrected chi connectivity index (χ2v) is 5.50. The zero-order chi connectivity index (χ0) is 14.8. The number of hydrogen-bond donors (Lipinski definition) is 0. The third-order valence-corrected chi connectivity index (χ3v) is 3.59. The lowest BCUT2D eigenvalue weighted by Gasteiger charge is -2.12. The van der Waals surface area contributed by atoms with Crippen molar-refractivity contribution in [1.82, 2.24) is 0 Å². The van der Waals surface area contributed by atoms with Gasteiger partial charge in [0, 0.05) is 6.08 Å². The van der Waals surface area contributed by atoms with Gasteiger partial charge in [-0.25, -0.2) is 4.79 Å². The van der Waals surface area contributed by atoms with Gasteiger partial charge in [-0.15, -0.1) is 0 Å². The molecule has 2 heteroatoms. The summed E-state index contributed by atoms with van der Waals surface area (Å²) in [5.41, 5.74) is 2.17. The van der Waals surface area contributed by atoms with Gasteiger partial charge in [0.15, 0.2) is 0 Å². The average molecular weight is 266 g/mol. The van der Waals surface area contributed by atoms with E-state index in [2.05, 4.69) is 33.8 Å². The molecule has 2 atom stereocenters. The molecule has 0 aliphatic carbocycles. The third kappa shape index (κ3) is 8.63. The summed E-state index contributed by atoms with van der Waals surface area (Å²) in [5, 5.41) is 0. The van der Waals surface area contributed by atoms with Crippen LogP contribution < -0.4 is 0 Å². The molecule has 0 N–H and O–H groups in total. The van der Waals surface area contributed by atoms with Crippen LogP contribution in [0.1, 0.15) is 60.8 Å². The molecule has 0 amide bonds. The van der Waals surface area contributed by atoms with E-state index in [1.165, 1.54) is 24.8 Å². The van der Waals surface area contributed by atoms with Crippen molar-refractivity contribution in [2.75, 3.05) is 6.61 Å². The van der Waals surface area contributed by atoms with Crippen molar-refractivity contribution < 1.29 is 9.53 Å². The summed E-state index contributed by atoms with van der Waals surface area (Å²) in [4.78, 5) is 11.4. The maximum Gasteiger partial charge on any atom is 0.331 e. The first kappa shape index (κ1) is 17.9. The smallest absolute Gasteiger partial charge is 0.331 e. The highest BCUT2D eigenvalue weighted by Gasteiger charge is 2.05. The van der Waals surface area contributed by atoms with Gasteiger partial charge in [-0.3, -0.25) is 0 Å². The molecule has 0 fully saturated rings. The Kier molecular flexibility index (Phi) is 9.28. The number of rotatable bonds is 8. The molecule has 0 aromatic carbocycles. The van der Waals surface area contributed by atoms with Crippen molar-refractivity contribution >= 4 is 5.97 Å². The Hall–Kier alpha value is -1.05. The maximum absolute atomic E-state index is 11.4. The van der Waals surface area contributed by atoms with Crippen LogP contribution in [0.25, 0.3) is 0 Å². The minimum atomic E-state index is -0.250. The monoisotopic (exact) mass is 266 g/mol. The van der Waals surface area contributed by atoms with Crippen LogP contribution in [0.2, 0.25) is 0 Å². The highest BCUT2D eigenvalue weighted by atomic mass is 16.5. The van der Waals surface area contributed by atoms with E-state index in [4.69, 9.17) is 4.74 Å². The van der Waals surface area contributed by atoms with Crippen LogP contribution in [-0.2, 0) is 9.53 Å². The maximum atomic E-state index is 11.4. The van der Waals surface area contributed by atoms with Gasteiger partial charge < -0.3 is 4.74 Å². The van der Waals surface area contributed by atoms with E-state index in [0.717, 1.165) is 11.5 Å². The van der Waals surface area contributed by atoms with Crippen LogP contribution >= 0.6 is 0 Å². The second-order valence-electron chi connectivity index (χ2n) is 5.50. The SMILES string of the molecule is CCOC(=O)/C=C(C)/C(C)=C/C(C)CCC(C)CC. The number of allylic oxidation sites excluding steroid dienone is 3. The van der Waals surface area contributed by atoms with Crippen molar-refractivity contribution in [3.63, 3.8) is 0 Å². The lowest BCUT2D eigenvalue weighted by Crippen LogP contribution is -2.01. The molecule has 0 aliphatic heterocycles. The fourth-order valence-electron chi connectivity index (χ4n) is 1.87. The van der Waals surface area contributed by atoms with Gasteiger partial charge in [0.1, 0.15) is 0 Å². The van der Waals surface area contributed by atoms with Crippen molar-refractivity contribution in [3.05, 3.63) is 23.3 Å². The Labute approximate surface area is 118 Å². The fourth-order valence-corrected chi connectivity index (χ4v) is 1.87. The zero-order valence-corrected chi connectivity index (χ0v) is 13.5. The first-order valence-corrected chi connectivity index (χ1v) is 7.44. The van der Waals surface area contributed by atoms with Crippen LogP contribution in [0.15, 0.2) is 23.3 Å². The summed E-state index contributed by atoms with van der Waals surface area (Å²) in [7, 11) is 0. The molecule has 0 spiro atoms. The number of hydrogen-bond acceptors (Lipinski definition) is 2. The molecule has 0 heterocycles. The molecular formula is C17H30O2. The van der Waals surface area contributed by atoms with E-state index >= 15 is 0 Å². The second kappa shape index (κ2) is 9.82. The van der Waals surface area contributed by atoms with E-state index in [0.29, 0.717) is 12.5 Å².